The first-order chi connectivity index (χ1) is 9.88. The number of hydrogen-bond acceptors (Lipinski definition) is 4. The van der Waals surface area contributed by atoms with Gasteiger partial charge in [0.2, 0.25) is 15.9 Å². The van der Waals surface area contributed by atoms with Crippen LogP contribution < -0.4 is 15.2 Å². The van der Waals surface area contributed by atoms with Crippen LogP contribution in [0.5, 0.6) is 5.75 Å². The summed E-state index contributed by atoms with van der Waals surface area (Å²) in [5.74, 6) is -0.378. The summed E-state index contributed by atoms with van der Waals surface area (Å²) in [7, 11) is -3.33. The van der Waals surface area contributed by atoms with Crippen molar-refractivity contribution < 1.29 is 17.9 Å². The van der Waals surface area contributed by atoms with Crippen molar-refractivity contribution in [2.45, 2.75) is 20.3 Å². The van der Waals surface area contributed by atoms with Gasteiger partial charge in [-0.05, 0) is 38.0 Å². The van der Waals surface area contributed by atoms with Crippen LogP contribution in [0.2, 0.25) is 0 Å². The maximum absolute atomic E-state index is 11.4. The number of carbonyl (C=O) groups is 1. The van der Waals surface area contributed by atoms with Gasteiger partial charge in [0, 0.05) is 6.54 Å². The van der Waals surface area contributed by atoms with Crippen molar-refractivity contribution in [3.05, 3.63) is 29.8 Å². The van der Waals surface area contributed by atoms with Gasteiger partial charge in [0.05, 0.1) is 18.3 Å². The first-order valence-electron chi connectivity index (χ1n) is 6.86. The highest BCUT2D eigenvalue weighted by Crippen LogP contribution is 2.15. The van der Waals surface area contributed by atoms with Gasteiger partial charge in [-0.1, -0.05) is 12.1 Å². The number of carbonyl (C=O) groups excluding carboxylic acids is 1. The van der Waals surface area contributed by atoms with E-state index in [4.69, 9.17) is 10.5 Å². The maximum atomic E-state index is 11.4. The lowest BCUT2D eigenvalue weighted by Gasteiger charge is -2.14. The van der Waals surface area contributed by atoms with Crippen LogP contribution in [0.15, 0.2) is 24.3 Å². The van der Waals surface area contributed by atoms with E-state index in [0.29, 0.717) is 13.0 Å². The predicted octanol–water partition coefficient (Wildman–Crippen LogP) is 0.669. The van der Waals surface area contributed by atoms with E-state index >= 15 is 0 Å². The summed E-state index contributed by atoms with van der Waals surface area (Å²) in [5.41, 5.74) is 6.24. The molecular formula is C14H22N2O4S. The lowest BCUT2D eigenvalue weighted by atomic mass is 9.99. The average molecular weight is 314 g/mol. The Kier molecular flexibility index (Phi) is 6.64. The Balaban J connectivity index is 2.68. The SMILES string of the molecule is CCOc1ccc(C[C@H](CNS(=O)(=O)CC)C(N)=O)cc1. The molecule has 3 N–H and O–H groups in total. The second-order valence-electron chi connectivity index (χ2n) is 4.63. The molecular weight excluding hydrogens is 292 g/mol. The highest BCUT2D eigenvalue weighted by Gasteiger charge is 2.18. The Bertz CT molecular complexity index is 555. The molecule has 1 aromatic rings. The fourth-order valence-electron chi connectivity index (χ4n) is 1.78. The number of benzene rings is 1. The number of hydrogen-bond donors (Lipinski definition) is 2. The molecule has 0 spiro atoms. The minimum atomic E-state index is -3.33. The molecule has 0 aliphatic heterocycles. The number of amides is 1. The van der Waals surface area contributed by atoms with Gasteiger partial charge in [0.1, 0.15) is 5.75 Å². The molecule has 0 aromatic heterocycles. The Morgan fingerprint density at radius 1 is 1.29 bits per heavy atom. The number of nitrogens with two attached hydrogens (primary N) is 1. The Hall–Kier alpha value is -1.60. The summed E-state index contributed by atoms with van der Waals surface area (Å²) in [6, 6.07) is 7.31. The second kappa shape index (κ2) is 7.99. The van der Waals surface area contributed by atoms with Gasteiger partial charge in [-0.2, -0.15) is 0 Å². The van der Waals surface area contributed by atoms with Gasteiger partial charge in [0.15, 0.2) is 0 Å². The molecule has 0 radical (unpaired) electrons. The zero-order chi connectivity index (χ0) is 15.9. The van der Waals surface area contributed by atoms with E-state index in [9.17, 15) is 13.2 Å². The van der Waals surface area contributed by atoms with Crippen molar-refractivity contribution in [3.8, 4) is 5.75 Å². The summed E-state index contributed by atoms with van der Waals surface area (Å²) in [6.45, 7) is 4.03. The maximum Gasteiger partial charge on any atom is 0.222 e. The van der Waals surface area contributed by atoms with Crippen molar-refractivity contribution >= 4 is 15.9 Å². The van der Waals surface area contributed by atoms with Crippen molar-refractivity contribution in [1.82, 2.24) is 4.72 Å². The van der Waals surface area contributed by atoms with Crippen molar-refractivity contribution in [2.75, 3.05) is 18.9 Å². The van der Waals surface area contributed by atoms with Crippen LogP contribution in [0, 0.1) is 5.92 Å². The standard InChI is InChI=1S/C14H22N2O4S/c1-3-20-13-7-5-11(6-8-13)9-12(14(15)17)10-16-21(18,19)4-2/h5-8,12,16H,3-4,9-10H2,1-2H3,(H2,15,17)/t12-/m1/s1. The van der Waals surface area contributed by atoms with E-state index in [1.54, 1.807) is 0 Å². The molecule has 0 unspecified atom stereocenters. The Morgan fingerprint density at radius 2 is 1.90 bits per heavy atom. The molecule has 0 aliphatic rings. The average Bonchev–Trinajstić information content (AvgIpc) is 2.45. The first-order valence-corrected chi connectivity index (χ1v) is 8.51. The number of ether oxygens (including phenoxy) is 1. The molecule has 1 aromatic carbocycles. The summed E-state index contributed by atoms with van der Waals surface area (Å²) in [6.07, 6.45) is 0.383. The van der Waals surface area contributed by atoms with E-state index in [1.807, 2.05) is 31.2 Å². The molecule has 21 heavy (non-hydrogen) atoms. The monoisotopic (exact) mass is 314 g/mol. The summed E-state index contributed by atoms with van der Waals surface area (Å²) >= 11 is 0. The van der Waals surface area contributed by atoms with Crippen molar-refractivity contribution in [1.29, 1.82) is 0 Å². The molecule has 0 heterocycles. The molecule has 1 amide bonds. The third kappa shape index (κ3) is 6.14. The van der Waals surface area contributed by atoms with Gasteiger partial charge >= 0.3 is 0 Å². The van der Waals surface area contributed by atoms with Crippen LogP contribution in [0.4, 0.5) is 0 Å². The van der Waals surface area contributed by atoms with Crippen molar-refractivity contribution in [3.63, 3.8) is 0 Å². The minimum Gasteiger partial charge on any atom is -0.494 e. The molecule has 118 valence electrons. The van der Waals surface area contributed by atoms with Crippen LogP contribution >= 0.6 is 0 Å². The molecule has 0 saturated carbocycles. The van der Waals surface area contributed by atoms with Gasteiger partial charge < -0.3 is 10.5 Å². The van der Waals surface area contributed by atoms with Crippen molar-refractivity contribution in [2.24, 2.45) is 11.7 Å². The number of rotatable bonds is 9. The molecule has 1 atom stereocenters. The number of sulfonamides is 1. The van der Waals surface area contributed by atoms with Gasteiger partial charge in [-0.25, -0.2) is 13.1 Å². The van der Waals surface area contributed by atoms with E-state index in [-0.39, 0.29) is 12.3 Å². The molecule has 0 fully saturated rings. The largest absolute Gasteiger partial charge is 0.494 e. The van der Waals surface area contributed by atoms with E-state index in [2.05, 4.69) is 4.72 Å². The fourth-order valence-corrected chi connectivity index (χ4v) is 2.44. The molecule has 7 heteroatoms. The minimum absolute atomic E-state index is 0.0126. The third-order valence-corrected chi connectivity index (χ3v) is 4.42. The van der Waals surface area contributed by atoms with Crippen LogP contribution in [-0.2, 0) is 21.2 Å². The van der Waals surface area contributed by atoms with E-state index < -0.39 is 21.8 Å². The summed E-state index contributed by atoms with van der Waals surface area (Å²) < 4.78 is 30.6. The quantitative estimate of drug-likeness (QED) is 0.700. The number of nitrogens with one attached hydrogen (secondary N) is 1. The predicted molar refractivity (Wildman–Crippen MR) is 81.5 cm³/mol. The lowest BCUT2D eigenvalue weighted by molar-refractivity contribution is -0.121. The third-order valence-electron chi connectivity index (χ3n) is 3.05. The highest BCUT2D eigenvalue weighted by atomic mass is 32.2. The normalized spacial score (nSPS) is 12.9. The molecule has 0 bridgehead atoms. The Labute approximate surface area is 125 Å². The fraction of sp³-hybridized carbons (Fsp3) is 0.500. The van der Waals surface area contributed by atoms with Crippen LogP contribution in [0.1, 0.15) is 19.4 Å². The zero-order valence-electron chi connectivity index (χ0n) is 12.3. The zero-order valence-corrected chi connectivity index (χ0v) is 13.2. The van der Waals surface area contributed by atoms with Crippen LogP contribution in [0.25, 0.3) is 0 Å². The first kappa shape index (κ1) is 17.5. The van der Waals surface area contributed by atoms with E-state index in [0.717, 1.165) is 11.3 Å². The molecule has 0 aliphatic carbocycles. The van der Waals surface area contributed by atoms with Crippen LogP contribution in [-0.4, -0.2) is 33.2 Å². The summed E-state index contributed by atoms with van der Waals surface area (Å²) in [5, 5.41) is 0. The highest BCUT2D eigenvalue weighted by molar-refractivity contribution is 7.89. The topological polar surface area (TPSA) is 98.5 Å². The molecule has 6 nitrogen and oxygen atoms in total. The van der Waals surface area contributed by atoms with Gasteiger partial charge in [-0.3, -0.25) is 4.79 Å². The molecule has 0 saturated heterocycles. The molecule has 1 rings (SSSR count). The summed E-state index contributed by atoms with van der Waals surface area (Å²) in [4.78, 5) is 11.4. The smallest absolute Gasteiger partial charge is 0.222 e. The lowest BCUT2D eigenvalue weighted by Crippen LogP contribution is -2.37. The van der Waals surface area contributed by atoms with E-state index in [1.165, 1.54) is 6.92 Å². The van der Waals surface area contributed by atoms with Gasteiger partial charge in [-0.15, -0.1) is 0 Å². The Morgan fingerprint density at radius 3 is 2.38 bits per heavy atom. The number of primary amides is 1. The van der Waals surface area contributed by atoms with Gasteiger partial charge in [0.25, 0.3) is 0 Å². The van der Waals surface area contributed by atoms with Crippen LogP contribution in [0.3, 0.4) is 0 Å². The second-order valence-corrected chi connectivity index (χ2v) is 6.73.